The topological polar surface area (TPSA) is 98.5 Å². The number of amides is 1. The summed E-state index contributed by atoms with van der Waals surface area (Å²) in [5.74, 6) is 0.166. The Balaban J connectivity index is 1.93. The fourth-order valence-corrected chi connectivity index (χ4v) is 4.64. The second-order valence-corrected chi connectivity index (χ2v) is 9.91. The molecule has 1 aliphatic carbocycles. The number of aryl methyl sites for hydroxylation is 1. The minimum absolute atomic E-state index is 0.0710. The molecule has 178 valence electrons. The van der Waals surface area contributed by atoms with E-state index in [1.807, 2.05) is 20.8 Å². The number of methoxy groups -OCH3 is 1. The summed E-state index contributed by atoms with van der Waals surface area (Å²) in [6.07, 6.45) is 4.12. The molecule has 0 aliphatic heterocycles. The number of nitrogens with one attached hydrogen (secondary N) is 1. The molecule has 1 aromatic carbocycles. The quantitative estimate of drug-likeness (QED) is 0.582. The van der Waals surface area contributed by atoms with Crippen molar-refractivity contribution in [2.75, 3.05) is 7.11 Å². The van der Waals surface area contributed by atoms with Gasteiger partial charge in [0.2, 0.25) is 0 Å². The molecule has 0 spiro atoms. The molecule has 1 aliphatic rings. The molecule has 1 heterocycles. The van der Waals surface area contributed by atoms with Gasteiger partial charge in [-0.3, -0.25) is 14.4 Å². The lowest BCUT2D eigenvalue weighted by Crippen LogP contribution is -2.39. The Morgan fingerprint density at radius 2 is 1.85 bits per heavy atom. The van der Waals surface area contributed by atoms with Crippen LogP contribution in [0.4, 0.5) is 0 Å². The third-order valence-electron chi connectivity index (χ3n) is 6.37. The highest BCUT2D eigenvalue weighted by atomic mass is 16.5. The fraction of sp³-hybridized carbons (Fsp3) is 0.538. The normalized spacial score (nSPS) is 16.3. The smallest absolute Gasteiger partial charge is 0.274 e. The lowest BCUT2D eigenvalue weighted by Gasteiger charge is -2.30. The number of ether oxygens (including phenoxy) is 1. The minimum Gasteiger partial charge on any atom is -0.496 e. The number of ketones is 2. The summed E-state index contributed by atoms with van der Waals surface area (Å²) in [6.45, 7) is 7.38. The van der Waals surface area contributed by atoms with E-state index in [1.165, 1.54) is 13.2 Å². The predicted octanol–water partition coefficient (Wildman–Crippen LogP) is 4.84. The average molecular weight is 455 g/mol. The second-order valence-electron chi connectivity index (χ2n) is 9.91. The summed E-state index contributed by atoms with van der Waals surface area (Å²) in [6, 6.07) is 7.64. The number of hydrogen-bond acceptors (Lipinski definition) is 6. The maximum atomic E-state index is 13.7. The van der Waals surface area contributed by atoms with Crippen molar-refractivity contribution in [2.24, 2.45) is 17.3 Å². The Kier molecular flexibility index (Phi) is 7.72. The third-order valence-corrected chi connectivity index (χ3v) is 6.37. The van der Waals surface area contributed by atoms with Crippen LogP contribution in [0, 0.1) is 24.2 Å². The second kappa shape index (κ2) is 10.3. The van der Waals surface area contributed by atoms with E-state index < -0.39 is 17.4 Å². The first-order valence-corrected chi connectivity index (χ1v) is 11.6. The van der Waals surface area contributed by atoms with Gasteiger partial charge in [0.15, 0.2) is 11.5 Å². The highest BCUT2D eigenvalue weighted by Gasteiger charge is 2.39. The van der Waals surface area contributed by atoms with Gasteiger partial charge in [0.25, 0.3) is 5.91 Å². The lowest BCUT2D eigenvalue weighted by atomic mass is 9.73. The van der Waals surface area contributed by atoms with Gasteiger partial charge in [-0.05, 0) is 31.7 Å². The molecule has 0 bridgehead atoms. The summed E-state index contributed by atoms with van der Waals surface area (Å²) >= 11 is 0. The summed E-state index contributed by atoms with van der Waals surface area (Å²) in [7, 11) is 1.52. The highest BCUT2D eigenvalue weighted by Crippen LogP contribution is 2.39. The Bertz CT molecular complexity index is 998. The van der Waals surface area contributed by atoms with Crippen LogP contribution < -0.4 is 10.1 Å². The first-order valence-electron chi connectivity index (χ1n) is 11.6. The van der Waals surface area contributed by atoms with Gasteiger partial charge >= 0.3 is 0 Å². The molecule has 33 heavy (non-hydrogen) atoms. The van der Waals surface area contributed by atoms with E-state index in [-0.39, 0.29) is 35.5 Å². The van der Waals surface area contributed by atoms with Gasteiger partial charge in [-0.25, -0.2) is 0 Å². The number of nitrogens with zero attached hydrogens (tertiary/aromatic N) is 1. The van der Waals surface area contributed by atoms with Crippen molar-refractivity contribution in [2.45, 2.75) is 65.8 Å². The van der Waals surface area contributed by atoms with Crippen LogP contribution >= 0.6 is 0 Å². The van der Waals surface area contributed by atoms with Crippen molar-refractivity contribution < 1.29 is 23.6 Å². The zero-order valence-corrected chi connectivity index (χ0v) is 20.1. The number of Topliss-reactive ketones (excluding diaryl/α,β-unsaturated/α-hetero) is 2. The number of aromatic nitrogens is 1. The number of rotatable bonds is 9. The first kappa shape index (κ1) is 24.7. The van der Waals surface area contributed by atoms with E-state index in [9.17, 15) is 14.4 Å². The Morgan fingerprint density at radius 1 is 1.18 bits per heavy atom. The fourth-order valence-electron chi connectivity index (χ4n) is 4.64. The Hall–Kier alpha value is -2.96. The number of benzene rings is 1. The number of carbonyl (C=O) groups excluding carboxylic acids is 3. The van der Waals surface area contributed by atoms with Crippen LogP contribution in [-0.2, 0) is 9.59 Å². The number of hydrogen-bond donors (Lipinski definition) is 1. The van der Waals surface area contributed by atoms with E-state index in [2.05, 4.69) is 10.5 Å². The Morgan fingerprint density at radius 3 is 2.42 bits per heavy atom. The zero-order valence-electron chi connectivity index (χ0n) is 20.1. The van der Waals surface area contributed by atoms with Crippen molar-refractivity contribution >= 4 is 17.5 Å². The molecule has 1 N–H and O–H groups in total. The molecule has 3 rings (SSSR count). The molecule has 7 nitrogen and oxygen atoms in total. The zero-order chi connectivity index (χ0) is 24.2. The first-order chi connectivity index (χ1) is 15.6. The van der Waals surface area contributed by atoms with Crippen LogP contribution in [0.5, 0.6) is 5.75 Å². The van der Waals surface area contributed by atoms with E-state index in [0.29, 0.717) is 17.1 Å². The lowest BCUT2D eigenvalue weighted by molar-refractivity contribution is -0.136. The average Bonchev–Trinajstić information content (AvgIpc) is 3.46. The number of carbonyl (C=O) groups is 3. The van der Waals surface area contributed by atoms with E-state index in [4.69, 9.17) is 9.26 Å². The molecule has 2 aromatic rings. The summed E-state index contributed by atoms with van der Waals surface area (Å²) in [5.41, 5.74) is 0.0971. The maximum Gasteiger partial charge on any atom is 0.274 e. The number of para-hydroxylation sites is 1. The molecule has 1 fully saturated rings. The molecule has 0 saturated heterocycles. The molecule has 1 amide bonds. The molecule has 0 unspecified atom stereocenters. The van der Waals surface area contributed by atoms with Crippen molar-refractivity contribution in [3.63, 3.8) is 0 Å². The van der Waals surface area contributed by atoms with Gasteiger partial charge in [-0.2, -0.15) is 0 Å². The van der Waals surface area contributed by atoms with Crippen LogP contribution in [-0.4, -0.2) is 29.7 Å². The van der Waals surface area contributed by atoms with Crippen LogP contribution in [0.3, 0.4) is 0 Å². The molecule has 1 saturated carbocycles. The minimum atomic E-state index is -0.970. The van der Waals surface area contributed by atoms with Gasteiger partial charge in [0.05, 0.1) is 7.11 Å². The van der Waals surface area contributed by atoms with Gasteiger partial charge in [-0.1, -0.05) is 57.0 Å². The molecular weight excluding hydrogens is 420 g/mol. The molecule has 2 atom stereocenters. The predicted molar refractivity (Wildman–Crippen MR) is 124 cm³/mol. The summed E-state index contributed by atoms with van der Waals surface area (Å²) in [5, 5.41) is 6.57. The van der Waals surface area contributed by atoms with Crippen LogP contribution in [0.2, 0.25) is 0 Å². The Labute approximate surface area is 195 Å². The molecule has 7 heteroatoms. The van der Waals surface area contributed by atoms with Gasteiger partial charge in [0, 0.05) is 29.4 Å². The standard InChI is InChI=1S/C26H34N2O5/c1-16-14-20(28-33-16)25(31)27-23(18-12-8-9-13-22(18)32-5)21(29)15-19(17-10-6-7-11-17)24(30)26(2,3)4/h8-9,12-14,17,19,23H,6-7,10-11,15H2,1-5H3,(H,27,31)/t19-,23-/m0/s1. The van der Waals surface area contributed by atoms with Crippen molar-refractivity contribution in [3.8, 4) is 5.75 Å². The SMILES string of the molecule is COc1ccccc1[C@H](NC(=O)c1cc(C)on1)C(=O)C[C@H](C(=O)C(C)(C)C)C1CCCC1. The summed E-state index contributed by atoms with van der Waals surface area (Å²) in [4.78, 5) is 39.9. The van der Waals surface area contributed by atoms with E-state index in [0.717, 1.165) is 25.7 Å². The monoisotopic (exact) mass is 454 g/mol. The van der Waals surface area contributed by atoms with E-state index in [1.54, 1.807) is 31.2 Å². The van der Waals surface area contributed by atoms with Crippen molar-refractivity contribution in [1.29, 1.82) is 0 Å². The van der Waals surface area contributed by atoms with Crippen molar-refractivity contribution in [1.82, 2.24) is 10.5 Å². The van der Waals surface area contributed by atoms with Crippen LogP contribution in [0.1, 0.15) is 80.7 Å². The van der Waals surface area contributed by atoms with Gasteiger partial charge in [0.1, 0.15) is 23.3 Å². The van der Waals surface area contributed by atoms with E-state index >= 15 is 0 Å². The van der Waals surface area contributed by atoms with Gasteiger partial charge in [-0.15, -0.1) is 0 Å². The molecule has 0 radical (unpaired) electrons. The van der Waals surface area contributed by atoms with Crippen LogP contribution in [0.25, 0.3) is 0 Å². The van der Waals surface area contributed by atoms with Gasteiger partial charge < -0.3 is 14.6 Å². The largest absolute Gasteiger partial charge is 0.496 e. The maximum absolute atomic E-state index is 13.7. The van der Waals surface area contributed by atoms with Crippen LogP contribution in [0.15, 0.2) is 34.9 Å². The third kappa shape index (κ3) is 5.89. The molecule has 1 aromatic heterocycles. The van der Waals surface area contributed by atoms with Crippen molar-refractivity contribution in [3.05, 3.63) is 47.3 Å². The highest BCUT2D eigenvalue weighted by molar-refractivity contribution is 5.99. The summed E-state index contributed by atoms with van der Waals surface area (Å²) < 4.78 is 10.5. The molecular formula is C26H34N2O5.